The van der Waals surface area contributed by atoms with Gasteiger partial charge in [0, 0.05) is 25.6 Å². The highest BCUT2D eigenvalue weighted by Gasteiger charge is 2.31. The molecule has 3 aliphatic heterocycles. The molecular formula is C16H29N3O. The van der Waals surface area contributed by atoms with Crippen LogP contribution in [0.5, 0.6) is 0 Å². The van der Waals surface area contributed by atoms with Crippen molar-refractivity contribution in [2.24, 2.45) is 5.92 Å². The van der Waals surface area contributed by atoms with Crippen molar-refractivity contribution >= 4 is 5.91 Å². The summed E-state index contributed by atoms with van der Waals surface area (Å²) >= 11 is 0. The summed E-state index contributed by atoms with van der Waals surface area (Å²) in [7, 11) is 0. The van der Waals surface area contributed by atoms with Gasteiger partial charge < -0.3 is 10.2 Å². The fourth-order valence-corrected chi connectivity index (χ4v) is 4.02. The van der Waals surface area contributed by atoms with E-state index in [2.05, 4.69) is 15.1 Å². The molecule has 0 saturated carbocycles. The van der Waals surface area contributed by atoms with Gasteiger partial charge in [-0.2, -0.15) is 0 Å². The maximum Gasteiger partial charge on any atom is 0.222 e. The normalized spacial score (nSPS) is 32.5. The van der Waals surface area contributed by atoms with Crippen LogP contribution in [0.1, 0.15) is 44.9 Å². The SMILES string of the molecule is O=C(CC1CCCNC1)N1CCC(N2CCCCC2)C1. The Bertz CT molecular complexity index is 322. The van der Waals surface area contributed by atoms with E-state index in [0.717, 1.165) is 32.6 Å². The largest absolute Gasteiger partial charge is 0.341 e. The fourth-order valence-electron chi connectivity index (χ4n) is 4.02. The summed E-state index contributed by atoms with van der Waals surface area (Å²) < 4.78 is 0. The van der Waals surface area contributed by atoms with Crippen molar-refractivity contribution < 1.29 is 4.79 Å². The molecule has 0 spiro atoms. The van der Waals surface area contributed by atoms with Crippen molar-refractivity contribution in [2.45, 2.75) is 51.0 Å². The standard InChI is InChI=1S/C16H29N3O/c20-16(11-14-5-4-7-17-12-14)19-10-6-15(13-19)18-8-2-1-3-9-18/h14-15,17H,1-13H2. The molecule has 1 N–H and O–H groups in total. The highest BCUT2D eigenvalue weighted by Crippen LogP contribution is 2.22. The number of hydrogen-bond donors (Lipinski definition) is 1. The number of carbonyl (C=O) groups excluding carboxylic acids is 1. The molecule has 1 amide bonds. The molecule has 3 saturated heterocycles. The third-order valence-corrected chi connectivity index (χ3v) is 5.29. The Morgan fingerprint density at radius 1 is 1.05 bits per heavy atom. The van der Waals surface area contributed by atoms with Crippen molar-refractivity contribution in [3.8, 4) is 0 Å². The third-order valence-electron chi connectivity index (χ3n) is 5.29. The first kappa shape index (κ1) is 14.3. The minimum absolute atomic E-state index is 0.401. The van der Waals surface area contributed by atoms with Crippen molar-refractivity contribution in [2.75, 3.05) is 39.3 Å². The van der Waals surface area contributed by atoms with Gasteiger partial charge in [0.25, 0.3) is 0 Å². The second-order valence-corrected chi connectivity index (χ2v) is 6.80. The van der Waals surface area contributed by atoms with E-state index in [-0.39, 0.29) is 0 Å². The van der Waals surface area contributed by atoms with Crippen LogP contribution in [0.4, 0.5) is 0 Å². The molecule has 0 aliphatic carbocycles. The van der Waals surface area contributed by atoms with Gasteiger partial charge in [-0.3, -0.25) is 9.69 Å². The predicted molar refractivity (Wildman–Crippen MR) is 80.6 cm³/mol. The van der Waals surface area contributed by atoms with E-state index < -0.39 is 0 Å². The highest BCUT2D eigenvalue weighted by atomic mass is 16.2. The molecule has 0 bridgehead atoms. The molecule has 20 heavy (non-hydrogen) atoms. The van der Waals surface area contributed by atoms with E-state index in [1.807, 2.05) is 0 Å². The minimum atomic E-state index is 0.401. The number of hydrogen-bond acceptors (Lipinski definition) is 3. The van der Waals surface area contributed by atoms with Crippen LogP contribution in [0.25, 0.3) is 0 Å². The number of piperidine rings is 2. The predicted octanol–water partition coefficient (Wildman–Crippen LogP) is 1.46. The van der Waals surface area contributed by atoms with Crippen LogP contribution in [-0.2, 0) is 4.79 Å². The zero-order valence-corrected chi connectivity index (χ0v) is 12.6. The van der Waals surface area contributed by atoms with Gasteiger partial charge in [-0.15, -0.1) is 0 Å². The molecule has 3 aliphatic rings. The topological polar surface area (TPSA) is 35.6 Å². The molecule has 2 atom stereocenters. The second kappa shape index (κ2) is 6.90. The average molecular weight is 279 g/mol. The Hall–Kier alpha value is -0.610. The van der Waals surface area contributed by atoms with Crippen LogP contribution in [-0.4, -0.2) is 61.0 Å². The molecule has 3 fully saturated rings. The number of nitrogens with one attached hydrogen (secondary N) is 1. The molecule has 0 radical (unpaired) electrons. The Morgan fingerprint density at radius 2 is 1.90 bits per heavy atom. The van der Waals surface area contributed by atoms with Gasteiger partial charge in [-0.25, -0.2) is 0 Å². The Balaban J connectivity index is 1.45. The monoisotopic (exact) mass is 279 g/mol. The summed E-state index contributed by atoms with van der Waals surface area (Å²) in [6.07, 6.45) is 8.49. The van der Waals surface area contributed by atoms with Crippen LogP contribution in [0.15, 0.2) is 0 Å². The second-order valence-electron chi connectivity index (χ2n) is 6.80. The number of rotatable bonds is 3. The van der Waals surface area contributed by atoms with Crippen molar-refractivity contribution in [1.29, 1.82) is 0 Å². The molecule has 0 aromatic heterocycles. The average Bonchev–Trinajstić information content (AvgIpc) is 2.99. The molecular weight excluding hydrogens is 250 g/mol. The van der Waals surface area contributed by atoms with Gasteiger partial charge >= 0.3 is 0 Å². The highest BCUT2D eigenvalue weighted by molar-refractivity contribution is 5.76. The molecule has 4 nitrogen and oxygen atoms in total. The molecule has 0 aromatic rings. The van der Waals surface area contributed by atoms with Gasteiger partial charge in [0.05, 0.1) is 0 Å². The lowest BCUT2D eigenvalue weighted by atomic mass is 9.96. The van der Waals surface area contributed by atoms with Gasteiger partial charge in [0.2, 0.25) is 5.91 Å². The Labute approximate surface area is 122 Å². The van der Waals surface area contributed by atoms with Crippen LogP contribution >= 0.6 is 0 Å². The zero-order valence-electron chi connectivity index (χ0n) is 12.6. The minimum Gasteiger partial charge on any atom is -0.341 e. The molecule has 114 valence electrons. The van der Waals surface area contributed by atoms with Gasteiger partial charge in [-0.1, -0.05) is 6.42 Å². The van der Waals surface area contributed by atoms with Crippen LogP contribution < -0.4 is 5.32 Å². The zero-order chi connectivity index (χ0) is 13.8. The summed E-state index contributed by atoms with van der Waals surface area (Å²) in [5, 5.41) is 3.41. The van der Waals surface area contributed by atoms with Gasteiger partial charge in [0.15, 0.2) is 0 Å². The lowest BCUT2D eigenvalue weighted by Gasteiger charge is -2.32. The maximum atomic E-state index is 12.4. The number of carbonyl (C=O) groups is 1. The Morgan fingerprint density at radius 3 is 2.65 bits per heavy atom. The van der Waals surface area contributed by atoms with Gasteiger partial charge in [-0.05, 0) is 64.2 Å². The lowest BCUT2D eigenvalue weighted by molar-refractivity contribution is -0.131. The van der Waals surface area contributed by atoms with E-state index in [1.165, 1.54) is 51.6 Å². The summed E-state index contributed by atoms with van der Waals surface area (Å²) in [6.45, 7) is 6.64. The van der Waals surface area contributed by atoms with Gasteiger partial charge in [0.1, 0.15) is 0 Å². The van der Waals surface area contributed by atoms with Crippen LogP contribution in [0.3, 0.4) is 0 Å². The van der Waals surface area contributed by atoms with E-state index in [0.29, 0.717) is 17.9 Å². The smallest absolute Gasteiger partial charge is 0.222 e. The van der Waals surface area contributed by atoms with Crippen molar-refractivity contribution in [3.63, 3.8) is 0 Å². The first-order valence-corrected chi connectivity index (χ1v) is 8.55. The Kier molecular flexibility index (Phi) is 4.94. The summed E-state index contributed by atoms with van der Waals surface area (Å²) in [6, 6.07) is 0.642. The van der Waals surface area contributed by atoms with E-state index in [4.69, 9.17) is 0 Å². The molecule has 4 heteroatoms. The molecule has 0 aromatic carbocycles. The number of nitrogens with zero attached hydrogens (tertiary/aromatic N) is 2. The summed E-state index contributed by atoms with van der Waals surface area (Å²) in [5.74, 6) is 0.975. The first-order valence-electron chi connectivity index (χ1n) is 8.55. The third kappa shape index (κ3) is 3.53. The van der Waals surface area contributed by atoms with Crippen LogP contribution in [0.2, 0.25) is 0 Å². The summed E-state index contributed by atoms with van der Waals surface area (Å²) in [5.41, 5.74) is 0. The van der Waals surface area contributed by atoms with E-state index in [1.54, 1.807) is 0 Å². The quantitative estimate of drug-likeness (QED) is 0.849. The fraction of sp³-hybridized carbons (Fsp3) is 0.938. The van der Waals surface area contributed by atoms with E-state index in [9.17, 15) is 4.79 Å². The maximum absolute atomic E-state index is 12.4. The number of likely N-dealkylation sites (tertiary alicyclic amines) is 2. The first-order chi connectivity index (χ1) is 9.83. The van der Waals surface area contributed by atoms with Crippen LogP contribution in [0, 0.1) is 5.92 Å². The summed E-state index contributed by atoms with van der Waals surface area (Å²) in [4.78, 5) is 17.2. The van der Waals surface area contributed by atoms with Crippen molar-refractivity contribution in [1.82, 2.24) is 15.1 Å². The molecule has 2 unspecified atom stereocenters. The van der Waals surface area contributed by atoms with Crippen molar-refractivity contribution in [3.05, 3.63) is 0 Å². The molecule has 3 heterocycles. The number of amides is 1. The lowest BCUT2D eigenvalue weighted by Crippen LogP contribution is -2.42. The molecule has 3 rings (SSSR count). The van der Waals surface area contributed by atoms with E-state index >= 15 is 0 Å².